The number of benzene rings is 1. The van der Waals surface area contributed by atoms with E-state index in [-0.39, 0.29) is 9.37 Å². The standard InChI is InChI=1S/C12H11BrFN3O2S2/c13-8-5-7(14)1-2-11(8)21(18,19)17-12-16-9-3-4-15-6-10(9)20-12/h1-2,5,15H,3-4,6H2,(H,16,17). The topological polar surface area (TPSA) is 71.1 Å². The van der Waals surface area contributed by atoms with Gasteiger partial charge in [0, 0.05) is 28.9 Å². The first-order valence-electron chi connectivity index (χ1n) is 6.13. The third-order valence-electron chi connectivity index (χ3n) is 3.01. The number of halogens is 2. The molecule has 0 atom stereocenters. The highest BCUT2D eigenvalue weighted by atomic mass is 79.9. The molecule has 3 rings (SSSR count). The van der Waals surface area contributed by atoms with Crippen LogP contribution in [0.4, 0.5) is 9.52 Å². The number of anilines is 1. The average Bonchev–Trinajstić information content (AvgIpc) is 2.79. The molecule has 0 fully saturated rings. The number of hydrogen-bond acceptors (Lipinski definition) is 5. The highest BCUT2D eigenvalue weighted by molar-refractivity contribution is 9.10. The van der Waals surface area contributed by atoms with Crippen LogP contribution in [0, 0.1) is 5.82 Å². The molecular weight excluding hydrogens is 381 g/mol. The van der Waals surface area contributed by atoms with Gasteiger partial charge in [0.15, 0.2) is 5.13 Å². The van der Waals surface area contributed by atoms with Crippen LogP contribution in [0.15, 0.2) is 27.6 Å². The van der Waals surface area contributed by atoms with Crippen molar-refractivity contribution >= 4 is 42.4 Å². The molecule has 112 valence electrons. The van der Waals surface area contributed by atoms with E-state index in [4.69, 9.17) is 0 Å². The Kier molecular flexibility index (Phi) is 4.00. The van der Waals surface area contributed by atoms with Gasteiger partial charge < -0.3 is 5.32 Å². The summed E-state index contributed by atoms with van der Waals surface area (Å²) in [4.78, 5) is 5.33. The molecule has 0 saturated heterocycles. The second-order valence-electron chi connectivity index (χ2n) is 4.50. The zero-order chi connectivity index (χ0) is 15.0. The normalized spacial score (nSPS) is 14.8. The second-order valence-corrected chi connectivity index (χ2v) is 8.08. The molecule has 5 nitrogen and oxygen atoms in total. The Morgan fingerprint density at radius 3 is 2.95 bits per heavy atom. The SMILES string of the molecule is O=S(=O)(Nc1nc2c(s1)CNCC2)c1ccc(F)cc1Br. The molecule has 0 bridgehead atoms. The van der Waals surface area contributed by atoms with Gasteiger partial charge in [0.25, 0.3) is 10.0 Å². The lowest BCUT2D eigenvalue weighted by atomic mass is 10.2. The van der Waals surface area contributed by atoms with Crippen molar-refractivity contribution in [1.82, 2.24) is 10.3 Å². The highest BCUT2D eigenvalue weighted by Gasteiger charge is 2.22. The molecule has 2 N–H and O–H groups in total. The molecular formula is C12H11BrFN3O2S2. The lowest BCUT2D eigenvalue weighted by molar-refractivity contribution is 0.599. The number of nitrogens with one attached hydrogen (secondary N) is 2. The largest absolute Gasteiger partial charge is 0.311 e. The van der Waals surface area contributed by atoms with Crippen LogP contribution in [0.2, 0.25) is 0 Å². The molecule has 1 aromatic carbocycles. The molecule has 0 aliphatic carbocycles. The first-order chi connectivity index (χ1) is 9.95. The second kappa shape index (κ2) is 5.64. The summed E-state index contributed by atoms with van der Waals surface area (Å²) in [6.07, 6.45) is 0.786. The molecule has 0 amide bonds. The number of thiazole rings is 1. The first kappa shape index (κ1) is 14.9. The Labute approximate surface area is 133 Å². The minimum Gasteiger partial charge on any atom is -0.311 e. The quantitative estimate of drug-likeness (QED) is 0.842. The Balaban J connectivity index is 1.90. The molecule has 1 aromatic heterocycles. The summed E-state index contributed by atoms with van der Waals surface area (Å²) in [6, 6.07) is 3.44. The van der Waals surface area contributed by atoms with Gasteiger partial charge in [-0.25, -0.2) is 17.8 Å². The Hall–Kier alpha value is -1.03. The monoisotopic (exact) mass is 391 g/mol. The van der Waals surface area contributed by atoms with Crippen molar-refractivity contribution in [3.05, 3.63) is 39.1 Å². The maximum atomic E-state index is 13.1. The van der Waals surface area contributed by atoms with Crippen molar-refractivity contribution in [1.29, 1.82) is 0 Å². The third-order valence-corrected chi connectivity index (χ3v) is 6.47. The zero-order valence-electron chi connectivity index (χ0n) is 10.7. The van der Waals surface area contributed by atoms with Gasteiger partial charge in [0.2, 0.25) is 0 Å². The van der Waals surface area contributed by atoms with Crippen LogP contribution in [0.3, 0.4) is 0 Å². The molecule has 1 aliphatic heterocycles. The molecule has 0 unspecified atom stereocenters. The van der Waals surface area contributed by atoms with Crippen LogP contribution in [0.1, 0.15) is 10.6 Å². The number of nitrogens with zero attached hydrogens (tertiary/aromatic N) is 1. The van der Waals surface area contributed by atoms with Crippen LogP contribution >= 0.6 is 27.3 Å². The lowest BCUT2D eigenvalue weighted by Gasteiger charge is -2.09. The summed E-state index contributed by atoms with van der Waals surface area (Å²) in [5, 5.41) is 3.54. The van der Waals surface area contributed by atoms with Gasteiger partial charge in [-0.05, 0) is 34.1 Å². The summed E-state index contributed by atoms with van der Waals surface area (Å²) < 4.78 is 40.4. The molecule has 1 aliphatic rings. The molecule has 0 spiro atoms. The molecule has 9 heteroatoms. The average molecular weight is 392 g/mol. The number of aromatic nitrogens is 1. The van der Waals surface area contributed by atoms with Crippen molar-refractivity contribution in [2.75, 3.05) is 11.3 Å². The van der Waals surface area contributed by atoms with Crippen LogP contribution in [-0.2, 0) is 23.0 Å². The van der Waals surface area contributed by atoms with E-state index in [2.05, 4.69) is 31.0 Å². The van der Waals surface area contributed by atoms with E-state index >= 15 is 0 Å². The van der Waals surface area contributed by atoms with E-state index in [1.807, 2.05) is 0 Å². The van der Waals surface area contributed by atoms with Crippen molar-refractivity contribution in [3.63, 3.8) is 0 Å². The van der Waals surface area contributed by atoms with Crippen LogP contribution < -0.4 is 10.0 Å². The smallest absolute Gasteiger partial charge is 0.264 e. The summed E-state index contributed by atoms with van der Waals surface area (Å²) in [6.45, 7) is 1.54. The molecule has 0 saturated carbocycles. The van der Waals surface area contributed by atoms with Crippen LogP contribution in [0.25, 0.3) is 0 Å². The zero-order valence-corrected chi connectivity index (χ0v) is 13.9. The van der Waals surface area contributed by atoms with Gasteiger partial charge in [-0.15, -0.1) is 0 Å². The van der Waals surface area contributed by atoms with E-state index in [1.54, 1.807) is 0 Å². The van der Waals surface area contributed by atoms with Gasteiger partial charge in [-0.2, -0.15) is 0 Å². The van der Waals surface area contributed by atoms with Crippen molar-refractivity contribution < 1.29 is 12.8 Å². The van der Waals surface area contributed by atoms with E-state index in [9.17, 15) is 12.8 Å². The van der Waals surface area contributed by atoms with Crippen molar-refractivity contribution in [2.24, 2.45) is 0 Å². The Morgan fingerprint density at radius 2 is 2.24 bits per heavy atom. The molecule has 21 heavy (non-hydrogen) atoms. The third kappa shape index (κ3) is 3.10. The Morgan fingerprint density at radius 1 is 1.43 bits per heavy atom. The van der Waals surface area contributed by atoms with Gasteiger partial charge in [-0.1, -0.05) is 11.3 Å². The maximum Gasteiger partial charge on any atom is 0.264 e. The summed E-state index contributed by atoms with van der Waals surface area (Å²) in [5.41, 5.74) is 0.926. The molecule has 2 heterocycles. The minimum absolute atomic E-state index is 0.0183. The fourth-order valence-corrected chi connectivity index (χ4v) is 5.30. The fraction of sp³-hybridized carbons (Fsp3) is 0.250. The van der Waals surface area contributed by atoms with Gasteiger partial charge in [0.1, 0.15) is 10.7 Å². The van der Waals surface area contributed by atoms with Gasteiger partial charge in [-0.3, -0.25) is 4.72 Å². The number of hydrogen-bond donors (Lipinski definition) is 2. The predicted molar refractivity (Wildman–Crippen MR) is 82.4 cm³/mol. The fourth-order valence-electron chi connectivity index (χ4n) is 2.03. The van der Waals surface area contributed by atoms with Crippen molar-refractivity contribution in [2.45, 2.75) is 17.9 Å². The number of sulfonamides is 1. The number of fused-ring (bicyclic) bond motifs is 1. The summed E-state index contributed by atoms with van der Waals surface area (Å²) in [7, 11) is -3.80. The summed E-state index contributed by atoms with van der Waals surface area (Å²) in [5.74, 6) is -0.503. The maximum absolute atomic E-state index is 13.1. The lowest BCUT2D eigenvalue weighted by Crippen LogP contribution is -2.22. The van der Waals surface area contributed by atoms with Crippen LogP contribution in [-0.4, -0.2) is 19.9 Å². The van der Waals surface area contributed by atoms with Gasteiger partial charge in [0.05, 0.1) is 5.69 Å². The first-order valence-corrected chi connectivity index (χ1v) is 9.22. The predicted octanol–water partition coefficient (Wildman–Crippen LogP) is 2.49. The van der Waals surface area contributed by atoms with Crippen molar-refractivity contribution in [3.8, 4) is 0 Å². The Bertz CT molecular complexity index is 768. The van der Waals surface area contributed by atoms with Crippen LogP contribution in [0.5, 0.6) is 0 Å². The molecule has 2 aromatic rings. The van der Waals surface area contributed by atoms with Gasteiger partial charge >= 0.3 is 0 Å². The van der Waals surface area contributed by atoms with E-state index in [0.29, 0.717) is 11.7 Å². The minimum atomic E-state index is -3.80. The summed E-state index contributed by atoms with van der Waals surface area (Å²) >= 11 is 4.38. The molecule has 0 radical (unpaired) electrons. The number of rotatable bonds is 3. The highest BCUT2D eigenvalue weighted by Crippen LogP contribution is 2.29. The van der Waals surface area contributed by atoms with E-state index in [1.165, 1.54) is 17.4 Å². The van der Waals surface area contributed by atoms with E-state index in [0.717, 1.165) is 35.7 Å². The van der Waals surface area contributed by atoms with E-state index < -0.39 is 15.8 Å².